The first kappa shape index (κ1) is 31.9. The Labute approximate surface area is 232 Å². The molecule has 1 saturated heterocycles. The van der Waals surface area contributed by atoms with Crippen molar-refractivity contribution in [3.63, 3.8) is 0 Å². The van der Waals surface area contributed by atoms with Gasteiger partial charge in [0.25, 0.3) is 0 Å². The number of nitrogens with zero attached hydrogens (tertiary/aromatic N) is 2. The van der Waals surface area contributed by atoms with Gasteiger partial charge in [0.2, 0.25) is 5.91 Å². The summed E-state index contributed by atoms with van der Waals surface area (Å²) in [7, 11) is 5.92. The van der Waals surface area contributed by atoms with Gasteiger partial charge in [-0.15, -0.1) is 0 Å². The number of carbonyl (C=O) groups is 2. The predicted octanol–water partition coefficient (Wildman–Crippen LogP) is 4.42. The number of pyridine rings is 1. The molecule has 5 rings (SSSR count). The van der Waals surface area contributed by atoms with Crippen molar-refractivity contribution in [1.82, 2.24) is 20.7 Å². The first-order chi connectivity index (χ1) is 19.0. The zero-order valence-corrected chi connectivity index (χ0v) is 23.8. The molecule has 39 heavy (non-hydrogen) atoms. The first-order valence-corrected chi connectivity index (χ1v) is 13.6. The number of carbonyl (C=O) groups excluding carboxylic acids is 2. The van der Waals surface area contributed by atoms with E-state index in [1.807, 2.05) is 63.3 Å². The average molecular weight is 537 g/mol. The van der Waals surface area contributed by atoms with E-state index in [1.165, 1.54) is 31.5 Å². The van der Waals surface area contributed by atoms with Crippen LogP contribution in [0.1, 0.15) is 43.0 Å². The van der Waals surface area contributed by atoms with Crippen LogP contribution >= 0.6 is 0 Å². The molecule has 2 aromatic carbocycles. The van der Waals surface area contributed by atoms with E-state index < -0.39 is 0 Å². The van der Waals surface area contributed by atoms with E-state index >= 15 is 0 Å². The summed E-state index contributed by atoms with van der Waals surface area (Å²) in [5.74, 6) is 0.798. The van der Waals surface area contributed by atoms with Gasteiger partial charge in [-0.3, -0.25) is 15.0 Å². The molecule has 8 nitrogen and oxygen atoms in total. The molecule has 1 saturated carbocycles. The lowest BCUT2D eigenvalue weighted by Gasteiger charge is -2.11. The molecule has 0 spiro atoms. The van der Waals surface area contributed by atoms with Gasteiger partial charge < -0.3 is 19.7 Å². The van der Waals surface area contributed by atoms with Crippen LogP contribution < -0.4 is 15.5 Å². The van der Waals surface area contributed by atoms with Crippen molar-refractivity contribution >= 4 is 23.6 Å². The van der Waals surface area contributed by atoms with Gasteiger partial charge in [0.05, 0.1) is 5.52 Å². The number of aromatic nitrogens is 1. The SMILES string of the molecule is C=O.CCc1cc(COc2ccc(CC3CC3C(=O)NO)cc2)c2ccccc2n1.CN1CCCC1.CNC. The van der Waals surface area contributed by atoms with Crippen molar-refractivity contribution < 1.29 is 19.5 Å². The van der Waals surface area contributed by atoms with Crippen LogP contribution in [0.5, 0.6) is 5.75 Å². The average Bonchev–Trinajstić information content (AvgIpc) is 3.58. The van der Waals surface area contributed by atoms with E-state index in [2.05, 4.69) is 41.3 Å². The van der Waals surface area contributed by atoms with E-state index in [1.54, 1.807) is 5.48 Å². The molecule has 212 valence electrons. The second-order valence-electron chi connectivity index (χ2n) is 9.87. The summed E-state index contributed by atoms with van der Waals surface area (Å²) in [5, 5.41) is 12.6. The molecule has 0 bridgehead atoms. The maximum atomic E-state index is 11.4. The number of hydroxylamine groups is 1. The summed E-state index contributed by atoms with van der Waals surface area (Å²) in [6.07, 6.45) is 5.39. The smallest absolute Gasteiger partial charge is 0.246 e. The van der Waals surface area contributed by atoms with Gasteiger partial charge in [-0.05, 0) is 102 Å². The maximum absolute atomic E-state index is 11.4. The Hall–Kier alpha value is -3.33. The Bertz CT molecular complexity index is 1130. The molecule has 3 aromatic rings. The molecule has 3 N–H and O–H groups in total. The molecular formula is C31H44N4O4. The third-order valence-corrected chi connectivity index (χ3v) is 6.73. The number of amides is 1. The normalized spacial score (nSPS) is 17.5. The summed E-state index contributed by atoms with van der Waals surface area (Å²) in [4.78, 5) is 26.4. The molecule has 2 unspecified atom stereocenters. The highest BCUT2D eigenvalue weighted by molar-refractivity contribution is 5.82. The highest BCUT2D eigenvalue weighted by Crippen LogP contribution is 2.41. The van der Waals surface area contributed by atoms with Crippen LogP contribution in [-0.4, -0.2) is 62.0 Å². The summed E-state index contributed by atoms with van der Waals surface area (Å²) < 4.78 is 6.03. The van der Waals surface area contributed by atoms with Crippen molar-refractivity contribution in [2.75, 3.05) is 34.2 Å². The second-order valence-corrected chi connectivity index (χ2v) is 9.87. The third kappa shape index (κ3) is 10.4. The lowest BCUT2D eigenvalue weighted by Crippen LogP contribution is -2.21. The van der Waals surface area contributed by atoms with Gasteiger partial charge in [0.1, 0.15) is 19.1 Å². The Kier molecular flexibility index (Phi) is 14.1. The van der Waals surface area contributed by atoms with Crippen LogP contribution in [0.25, 0.3) is 10.9 Å². The van der Waals surface area contributed by atoms with Crippen molar-refractivity contribution in [3.05, 3.63) is 71.4 Å². The van der Waals surface area contributed by atoms with Crippen LogP contribution in [0.15, 0.2) is 54.6 Å². The summed E-state index contributed by atoms with van der Waals surface area (Å²) >= 11 is 0. The summed E-state index contributed by atoms with van der Waals surface area (Å²) in [6.45, 7) is 7.24. The highest BCUT2D eigenvalue weighted by Gasteiger charge is 2.42. The number of rotatable bonds is 7. The fourth-order valence-corrected chi connectivity index (χ4v) is 4.55. The van der Waals surface area contributed by atoms with Gasteiger partial charge in [0, 0.05) is 22.6 Å². The van der Waals surface area contributed by atoms with Gasteiger partial charge in [0.15, 0.2) is 0 Å². The number of hydrogen-bond acceptors (Lipinski definition) is 7. The number of ether oxygens (including phenoxy) is 1. The number of nitrogens with one attached hydrogen (secondary N) is 2. The number of benzene rings is 2. The van der Waals surface area contributed by atoms with Crippen LogP contribution in [-0.2, 0) is 29.0 Å². The molecule has 1 aliphatic carbocycles. The van der Waals surface area contributed by atoms with Gasteiger partial charge in [-0.2, -0.15) is 0 Å². The summed E-state index contributed by atoms with van der Waals surface area (Å²) in [5.41, 5.74) is 6.13. The number of para-hydroxylation sites is 1. The van der Waals surface area contributed by atoms with E-state index in [4.69, 9.17) is 14.7 Å². The Balaban J connectivity index is 0.000000411. The van der Waals surface area contributed by atoms with Crippen LogP contribution in [0.2, 0.25) is 0 Å². The van der Waals surface area contributed by atoms with Crippen molar-refractivity contribution in [2.24, 2.45) is 11.8 Å². The maximum Gasteiger partial charge on any atom is 0.246 e. The quantitative estimate of drug-likeness (QED) is 0.303. The molecular weight excluding hydrogens is 492 g/mol. The number of aryl methyl sites for hydroxylation is 1. The number of hydrogen-bond donors (Lipinski definition) is 3. The zero-order chi connectivity index (χ0) is 28.6. The van der Waals surface area contributed by atoms with Crippen molar-refractivity contribution in [3.8, 4) is 5.75 Å². The lowest BCUT2D eigenvalue weighted by molar-refractivity contribution is -0.130. The second kappa shape index (κ2) is 17.3. The van der Waals surface area contributed by atoms with Crippen LogP contribution in [0.4, 0.5) is 0 Å². The fourth-order valence-electron chi connectivity index (χ4n) is 4.55. The zero-order valence-electron chi connectivity index (χ0n) is 23.8. The van der Waals surface area contributed by atoms with Crippen LogP contribution in [0, 0.1) is 11.8 Å². The Morgan fingerprint density at radius 1 is 1.10 bits per heavy atom. The van der Waals surface area contributed by atoms with Gasteiger partial charge >= 0.3 is 0 Å². The molecule has 2 aliphatic rings. The van der Waals surface area contributed by atoms with E-state index in [0.717, 1.165) is 47.2 Å². The monoisotopic (exact) mass is 536 g/mol. The lowest BCUT2D eigenvalue weighted by atomic mass is 10.1. The third-order valence-electron chi connectivity index (χ3n) is 6.73. The van der Waals surface area contributed by atoms with Crippen molar-refractivity contribution in [2.45, 2.75) is 45.6 Å². The fraction of sp³-hybridized carbons (Fsp3) is 0.452. The highest BCUT2D eigenvalue weighted by atomic mass is 16.5. The minimum absolute atomic E-state index is 0.0614. The largest absolute Gasteiger partial charge is 0.489 e. The standard InChI is InChI=1S/C23H24N2O3.C5H11N.C2H7N.CH2O/c1-2-18-12-17(20-5-3-4-6-22(20)24-18)14-28-19-9-7-15(8-10-19)11-16-13-21(16)23(26)25-27;1-6-4-2-3-5-6;1-3-2;1-2/h3-10,12,16,21,27H,2,11,13-14H2,1H3,(H,25,26);2-5H2,1H3;3H,1-2H3;1H2. The minimum atomic E-state index is -0.277. The Morgan fingerprint density at radius 3 is 2.31 bits per heavy atom. The molecule has 1 aliphatic heterocycles. The van der Waals surface area contributed by atoms with E-state index in [0.29, 0.717) is 12.5 Å². The Morgan fingerprint density at radius 2 is 1.74 bits per heavy atom. The topological polar surface area (TPSA) is 104 Å². The first-order valence-electron chi connectivity index (χ1n) is 13.6. The minimum Gasteiger partial charge on any atom is -0.489 e. The molecule has 0 radical (unpaired) electrons. The molecule has 2 atom stereocenters. The predicted molar refractivity (Wildman–Crippen MR) is 156 cm³/mol. The molecule has 1 aromatic heterocycles. The molecule has 2 fully saturated rings. The molecule has 2 heterocycles. The summed E-state index contributed by atoms with van der Waals surface area (Å²) in [6, 6.07) is 18.3. The van der Waals surface area contributed by atoms with Crippen molar-refractivity contribution in [1.29, 1.82) is 0 Å². The number of likely N-dealkylation sites (tertiary alicyclic amines) is 1. The van der Waals surface area contributed by atoms with Crippen LogP contribution in [0.3, 0.4) is 0 Å². The van der Waals surface area contributed by atoms with E-state index in [9.17, 15) is 4.79 Å². The molecule has 1 amide bonds. The number of fused-ring (bicyclic) bond motifs is 1. The van der Waals surface area contributed by atoms with Gasteiger partial charge in [-0.1, -0.05) is 37.3 Å². The van der Waals surface area contributed by atoms with Gasteiger partial charge in [-0.25, -0.2) is 5.48 Å². The van der Waals surface area contributed by atoms with E-state index in [-0.39, 0.29) is 11.8 Å². The molecule has 8 heteroatoms.